The van der Waals surface area contributed by atoms with Gasteiger partial charge >= 0.3 is 7.60 Å². The zero-order valence-electron chi connectivity index (χ0n) is 11.5. The van der Waals surface area contributed by atoms with E-state index in [0.29, 0.717) is 5.69 Å². The van der Waals surface area contributed by atoms with Crippen LogP contribution in [0.4, 0.5) is 10.2 Å². The normalized spacial score (nSPS) is 15.4. The van der Waals surface area contributed by atoms with Crippen molar-refractivity contribution in [2.24, 2.45) is 0 Å². The second kappa shape index (κ2) is 6.34. The quantitative estimate of drug-likeness (QED) is 0.791. The molecule has 0 fully saturated rings. The van der Waals surface area contributed by atoms with Crippen molar-refractivity contribution in [1.82, 2.24) is 10.3 Å². The van der Waals surface area contributed by atoms with Crippen LogP contribution >= 0.6 is 7.60 Å². The summed E-state index contributed by atoms with van der Waals surface area (Å²) >= 11 is 0. The summed E-state index contributed by atoms with van der Waals surface area (Å²) in [7, 11) is -4.17. The van der Waals surface area contributed by atoms with Gasteiger partial charge in [-0.15, -0.1) is 0 Å². The smallest absolute Gasteiger partial charge is 0.348 e. The maximum atomic E-state index is 14.0. The van der Waals surface area contributed by atoms with Crippen molar-refractivity contribution in [3.63, 3.8) is 0 Å². The number of rotatable bonds is 6. The highest BCUT2D eigenvalue weighted by atomic mass is 31.2. The first-order chi connectivity index (χ1) is 9.95. The molecule has 0 amide bonds. The van der Waals surface area contributed by atoms with Crippen LogP contribution in [0.25, 0.3) is 0 Å². The Morgan fingerprint density at radius 1 is 1.48 bits per heavy atom. The first-order valence-electron chi connectivity index (χ1n) is 6.23. The predicted molar refractivity (Wildman–Crippen MR) is 73.3 cm³/mol. The molecule has 21 heavy (non-hydrogen) atoms. The van der Waals surface area contributed by atoms with E-state index < -0.39 is 19.2 Å². The summed E-state index contributed by atoms with van der Waals surface area (Å²) in [5.41, 5.74) is 0.382. The zero-order valence-corrected chi connectivity index (χ0v) is 12.4. The number of hydrogen-bond donors (Lipinski definition) is 2. The molecule has 0 aliphatic carbocycles. The minimum Gasteiger partial charge on any atom is -0.348 e. The molecule has 0 aliphatic heterocycles. The molecule has 2 atom stereocenters. The third kappa shape index (κ3) is 3.47. The van der Waals surface area contributed by atoms with Crippen molar-refractivity contribution in [2.45, 2.75) is 19.6 Å². The standard InChI is InChI=1S/C12H15FN3O4P/c1-3-19-21(17,18)12(9-6-4-5-7-10(9)13)14-11-8(2)15-20-16-11/h4-7,12H,3H2,1-2H3,(H,14,16)(H,17,18). The molecule has 2 N–H and O–H groups in total. The molecule has 2 rings (SSSR count). The number of benzene rings is 1. The SMILES string of the molecule is CCOP(=O)(O)C(Nc1nonc1C)c1ccccc1F. The fourth-order valence-electron chi connectivity index (χ4n) is 1.78. The molecule has 1 aromatic carbocycles. The Kier molecular flexibility index (Phi) is 4.72. The summed E-state index contributed by atoms with van der Waals surface area (Å²) < 4.78 is 35.7. The van der Waals surface area contributed by atoms with Crippen LogP contribution in [0.1, 0.15) is 24.0 Å². The molecule has 2 unspecified atom stereocenters. The molecule has 0 radical (unpaired) electrons. The Hall–Kier alpha value is -1.76. The first-order valence-corrected chi connectivity index (χ1v) is 7.87. The monoisotopic (exact) mass is 315 g/mol. The molecule has 2 aromatic rings. The van der Waals surface area contributed by atoms with Gasteiger partial charge in [0.1, 0.15) is 11.5 Å². The lowest BCUT2D eigenvalue weighted by atomic mass is 10.2. The van der Waals surface area contributed by atoms with Crippen LogP contribution in [-0.2, 0) is 9.09 Å². The predicted octanol–water partition coefficient (Wildman–Crippen LogP) is 2.85. The van der Waals surface area contributed by atoms with E-state index in [0.717, 1.165) is 0 Å². The van der Waals surface area contributed by atoms with Gasteiger partial charge in [0, 0.05) is 5.56 Å². The highest BCUT2D eigenvalue weighted by molar-refractivity contribution is 7.53. The molecule has 114 valence electrons. The Balaban J connectivity index is 2.42. The average Bonchev–Trinajstić information content (AvgIpc) is 2.82. The number of aromatic nitrogens is 2. The van der Waals surface area contributed by atoms with Crippen molar-refractivity contribution in [3.05, 3.63) is 41.3 Å². The number of nitrogens with one attached hydrogen (secondary N) is 1. The number of hydrogen-bond acceptors (Lipinski definition) is 6. The third-order valence-corrected chi connectivity index (χ3v) is 4.45. The van der Waals surface area contributed by atoms with E-state index in [1.165, 1.54) is 18.2 Å². The van der Waals surface area contributed by atoms with E-state index in [1.54, 1.807) is 19.9 Å². The van der Waals surface area contributed by atoms with Crippen molar-refractivity contribution < 1.29 is 23.0 Å². The first kappa shape index (κ1) is 15.6. The van der Waals surface area contributed by atoms with E-state index in [-0.39, 0.29) is 18.0 Å². The lowest BCUT2D eigenvalue weighted by Gasteiger charge is -2.23. The Morgan fingerprint density at radius 2 is 2.19 bits per heavy atom. The number of aryl methyl sites for hydroxylation is 1. The van der Waals surface area contributed by atoms with E-state index >= 15 is 0 Å². The molecule has 0 aliphatic rings. The summed E-state index contributed by atoms with van der Waals surface area (Å²) in [5.74, 6) is -1.79. The highest BCUT2D eigenvalue weighted by Crippen LogP contribution is 2.56. The third-order valence-electron chi connectivity index (χ3n) is 2.77. The van der Waals surface area contributed by atoms with Crippen LogP contribution in [0.5, 0.6) is 0 Å². The van der Waals surface area contributed by atoms with Crippen molar-refractivity contribution in [3.8, 4) is 0 Å². The van der Waals surface area contributed by atoms with Gasteiger partial charge in [-0.2, -0.15) is 0 Å². The summed E-state index contributed by atoms with van der Waals surface area (Å²) in [6.07, 6.45) is 0. The van der Waals surface area contributed by atoms with Gasteiger partial charge in [0.2, 0.25) is 0 Å². The zero-order chi connectivity index (χ0) is 15.5. The maximum absolute atomic E-state index is 14.0. The fraction of sp³-hybridized carbons (Fsp3) is 0.333. The summed E-state index contributed by atoms with van der Waals surface area (Å²) in [5, 5.41) is 9.80. The van der Waals surface area contributed by atoms with E-state index in [9.17, 15) is 13.8 Å². The van der Waals surface area contributed by atoms with Gasteiger partial charge in [-0.25, -0.2) is 9.02 Å². The van der Waals surface area contributed by atoms with Gasteiger partial charge in [0.05, 0.1) is 6.61 Å². The van der Waals surface area contributed by atoms with Crippen LogP contribution in [0, 0.1) is 12.7 Å². The minimum atomic E-state index is -4.17. The Labute approximate surface area is 120 Å². The molecule has 0 bridgehead atoms. The second-order valence-corrected chi connectivity index (χ2v) is 6.15. The van der Waals surface area contributed by atoms with E-state index in [2.05, 4.69) is 20.3 Å². The molecule has 0 saturated carbocycles. The fourth-order valence-corrected chi connectivity index (χ4v) is 3.15. The molecule has 1 heterocycles. The molecule has 0 saturated heterocycles. The topological polar surface area (TPSA) is 97.5 Å². The maximum Gasteiger partial charge on any atom is 0.354 e. The van der Waals surface area contributed by atoms with Gasteiger partial charge in [0.25, 0.3) is 0 Å². The van der Waals surface area contributed by atoms with Crippen molar-refractivity contribution in [1.29, 1.82) is 0 Å². The lowest BCUT2D eigenvalue weighted by Crippen LogP contribution is -2.15. The van der Waals surface area contributed by atoms with Gasteiger partial charge in [-0.3, -0.25) is 4.57 Å². The summed E-state index contributed by atoms with van der Waals surface area (Å²) in [6.45, 7) is 3.18. The molecule has 0 spiro atoms. The Morgan fingerprint density at radius 3 is 2.76 bits per heavy atom. The highest BCUT2D eigenvalue weighted by Gasteiger charge is 2.36. The van der Waals surface area contributed by atoms with E-state index in [4.69, 9.17) is 4.52 Å². The van der Waals surface area contributed by atoms with E-state index in [1.807, 2.05) is 0 Å². The van der Waals surface area contributed by atoms with Gasteiger partial charge < -0.3 is 14.7 Å². The summed E-state index contributed by atoms with van der Waals surface area (Å²) in [4.78, 5) is 10.1. The molecular weight excluding hydrogens is 300 g/mol. The summed E-state index contributed by atoms with van der Waals surface area (Å²) in [6, 6.07) is 5.65. The number of nitrogens with zero attached hydrogens (tertiary/aromatic N) is 2. The number of anilines is 1. The van der Waals surface area contributed by atoms with Crippen LogP contribution in [0.15, 0.2) is 28.9 Å². The van der Waals surface area contributed by atoms with Crippen molar-refractivity contribution >= 4 is 13.4 Å². The van der Waals surface area contributed by atoms with Crippen molar-refractivity contribution in [2.75, 3.05) is 11.9 Å². The number of halogens is 1. The van der Waals surface area contributed by atoms with Crippen LogP contribution in [0.3, 0.4) is 0 Å². The van der Waals surface area contributed by atoms with Gasteiger partial charge in [-0.1, -0.05) is 23.4 Å². The lowest BCUT2D eigenvalue weighted by molar-refractivity contribution is 0.266. The minimum absolute atomic E-state index is 0.000756. The van der Waals surface area contributed by atoms with Crippen LogP contribution < -0.4 is 5.32 Å². The molecule has 9 heteroatoms. The van der Waals surface area contributed by atoms with Gasteiger partial charge in [-0.05, 0) is 25.1 Å². The van der Waals surface area contributed by atoms with Gasteiger partial charge in [0.15, 0.2) is 11.6 Å². The van der Waals surface area contributed by atoms with Crippen LogP contribution in [-0.4, -0.2) is 21.8 Å². The van der Waals surface area contributed by atoms with Crippen LogP contribution in [0.2, 0.25) is 0 Å². The second-order valence-electron chi connectivity index (χ2n) is 4.25. The molecule has 7 nitrogen and oxygen atoms in total. The molecule has 1 aromatic heterocycles. The average molecular weight is 315 g/mol. The molecular formula is C12H15FN3O4P. The largest absolute Gasteiger partial charge is 0.354 e. The Bertz CT molecular complexity index is 663.